The summed E-state index contributed by atoms with van der Waals surface area (Å²) in [5, 5.41) is 7.49. The molecule has 1 aromatic rings. The predicted molar refractivity (Wildman–Crippen MR) is 47.7 cm³/mol. The molecule has 0 bridgehead atoms. The van der Waals surface area contributed by atoms with Crippen LogP contribution in [0.1, 0.15) is 12.6 Å². The third kappa shape index (κ3) is 2.48. The Bertz CT molecular complexity index is 329. The average molecular weight is 180 g/mol. The van der Waals surface area contributed by atoms with Gasteiger partial charge in [0.15, 0.2) is 5.78 Å². The second kappa shape index (κ2) is 3.95. The van der Waals surface area contributed by atoms with Crippen LogP contribution in [0.4, 0.5) is 0 Å². The van der Waals surface area contributed by atoms with Gasteiger partial charge in [-0.15, -0.1) is 5.10 Å². The number of hydrogen-bond acceptors (Lipinski definition) is 4. The van der Waals surface area contributed by atoms with Crippen LogP contribution in [0.25, 0.3) is 0 Å². The highest BCUT2D eigenvalue weighted by Crippen LogP contribution is 1.95. The molecule has 5 heteroatoms. The third-order valence-electron chi connectivity index (χ3n) is 1.58. The molecule has 0 radical (unpaired) electrons. The van der Waals surface area contributed by atoms with E-state index in [1.54, 1.807) is 13.1 Å². The van der Waals surface area contributed by atoms with Gasteiger partial charge in [-0.1, -0.05) is 11.8 Å². The fourth-order valence-electron chi connectivity index (χ4n) is 0.791. The van der Waals surface area contributed by atoms with E-state index in [1.165, 1.54) is 4.68 Å². The number of nitrogens with two attached hydrogens (primary N) is 1. The number of ketones is 1. The molecule has 0 spiro atoms. The first-order chi connectivity index (χ1) is 6.13. The van der Waals surface area contributed by atoms with Gasteiger partial charge < -0.3 is 5.73 Å². The minimum Gasteiger partial charge on any atom is -0.325 e. The second-order valence-corrected chi connectivity index (χ2v) is 2.82. The van der Waals surface area contributed by atoms with Crippen LogP contribution >= 0.6 is 0 Å². The molecule has 0 saturated heterocycles. The highest BCUT2D eigenvalue weighted by atomic mass is 16.1. The Balaban J connectivity index is 2.64. The highest BCUT2D eigenvalue weighted by Gasteiger charge is 2.05. The molecule has 5 nitrogen and oxygen atoms in total. The van der Waals surface area contributed by atoms with Crippen molar-refractivity contribution in [2.45, 2.75) is 20.0 Å². The van der Waals surface area contributed by atoms with Gasteiger partial charge in [-0.2, -0.15) is 0 Å². The van der Waals surface area contributed by atoms with Crippen LogP contribution in [0, 0.1) is 0 Å². The predicted octanol–water partition coefficient (Wildman–Crippen LogP) is -0.118. The quantitative estimate of drug-likeness (QED) is 0.656. The first-order valence-electron chi connectivity index (χ1n) is 3.91. The largest absolute Gasteiger partial charge is 0.325 e. The van der Waals surface area contributed by atoms with Crippen LogP contribution in [0.3, 0.4) is 0 Å². The molecule has 0 aliphatic carbocycles. The van der Waals surface area contributed by atoms with Gasteiger partial charge >= 0.3 is 0 Å². The Morgan fingerprint density at radius 3 is 2.92 bits per heavy atom. The summed E-state index contributed by atoms with van der Waals surface area (Å²) in [4.78, 5) is 11.2. The van der Waals surface area contributed by atoms with Crippen molar-refractivity contribution in [2.24, 2.45) is 5.73 Å². The first kappa shape index (κ1) is 9.60. The standard InChI is InChI=1S/C8H12N4O/c1-6(2)8(13)5-12-4-7(3-9)10-11-12/h4H,1,3,5,9H2,2H3. The highest BCUT2D eigenvalue weighted by molar-refractivity contribution is 5.93. The van der Waals surface area contributed by atoms with E-state index in [2.05, 4.69) is 16.9 Å². The zero-order valence-electron chi connectivity index (χ0n) is 7.53. The van der Waals surface area contributed by atoms with Crippen molar-refractivity contribution < 1.29 is 4.79 Å². The van der Waals surface area contributed by atoms with Gasteiger partial charge in [-0.3, -0.25) is 4.79 Å². The van der Waals surface area contributed by atoms with Gasteiger partial charge in [0.1, 0.15) is 6.54 Å². The SMILES string of the molecule is C=C(C)C(=O)Cn1cc(CN)nn1. The van der Waals surface area contributed by atoms with Gasteiger partial charge in [0.05, 0.1) is 11.9 Å². The maximum Gasteiger partial charge on any atom is 0.179 e. The van der Waals surface area contributed by atoms with Crippen molar-refractivity contribution in [1.29, 1.82) is 0 Å². The zero-order chi connectivity index (χ0) is 9.84. The lowest BCUT2D eigenvalue weighted by molar-refractivity contribution is -0.116. The Kier molecular flexibility index (Phi) is 2.92. The number of rotatable bonds is 4. The van der Waals surface area contributed by atoms with Crippen LogP contribution in [0.15, 0.2) is 18.3 Å². The molecule has 0 aromatic carbocycles. The summed E-state index contributed by atoms with van der Waals surface area (Å²) in [7, 11) is 0. The minimum absolute atomic E-state index is 0.0477. The molecule has 1 aromatic heterocycles. The van der Waals surface area contributed by atoms with Crippen molar-refractivity contribution in [1.82, 2.24) is 15.0 Å². The lowest BCUT2D eigenvalue weighted by Crippen LogP contribution is -2.10. The van der Waals surface area contributed by atoms with E-state index in [4.69, 9.17) is 5.73 Å². The molecule has 0 aliphatic rings. The lowest BCUT2D eigenvalue weighted by Gasteiger charge is -1.97. The molecular weight excluding hydrogens is 168 g/mol. The van der Waals surface area contributed by atoms with E-state index in [1.807, 2.05) is 0 Å². The average Bonchev–Trinajstić information content (AvgIpc) is 2.52. The van der Waals surface area contributed by atoms with Crippen LogP contribution in [-0.4, -0.2) is 20.8 Å². The topological polar surface area (TPSA) is 73.8 Å². The Morgan fingerprint density at radius 2 is 2.46 bits per heavy atom. The molecule has 0 aliphatic heterocycles. The van der Waals surface area contributed by atoms with Crippen LogP contribution in [0.5, 0.6) is 0 Å². The van der Waals surface area contributed by atoms with Gasteiger partial charge in [0.2, 0.25) is 0 Å². The third-order valence-corrected chi connectivity index (χ3v) is 1.58. The van der Waals surface area contributed by atoms with E-state index in [-0.39, 0.29) is 12.3 Å². The fraction of sp³-hybridized carbons (Fsp3) is 0.375. The van der Waals surface area contributed by atoms with E-state index in [0.29, 0.717) is 17.8 Å². The summed E-state index contributed by atoms with van der Waals surface area (Å²) in [5.41, 5.74) is 6.53. The molecule has 1 heterocycles. The second-order valence-electron chi connectivity index (χ2n) is 2.82. The molecule has 0 atom stereocenters. The van der Waals surface area contributed by atoms with Gasteiger partial charge in [0.25, 0.3) is 0 Å². The molecule has 1 rings (SSSR count). The van der Waals surface area contributed by atoms with Gasteiger partial charge in [-0.05, 0) is 12.5 Å². The summed E-state index contributed by atoms with van der Waals surface area (Å²) < 4.78 is 1.46. The number of carbonyl (C=O) groups excluding carboxylic acids is 1. The number of carbonyl (C=O) groups is 1. The van der Waals surface area contributed by atoms with Crippen molar-refractivity contribution in [3.05, 3.63) is 24.0 Å². The maximum absolute atomic E-state index is 11.2. The van der Waals surface area contributed by atoms with Crippen molar-refractivity contribution in [2.75, 3.05) is 0 Å². The number of nitrogens with zero attached hydrogens (tertiary/aromatic N) is 3. The number of aromatic nitrogens is 3. The normalized spacial score (nSPS) is 10.0. The van der Waals surface area contributed by atoms with E-state index in [9.17, 15) is 4.79 Å². The molecular formula is C8H12N4O. The Labute approximate surface area is 76.2 Å². The molecule has 0 saturated carbocycles. The Morgan fingerprint density at radius 1 is 1.77 bits per heavy atom. The zero-order valence-corrected chi connectivity index (χ0v) is 7.53. The number of allylic oxidation sites excluding steroid dienone is 1. The van der Waals surface area contributed by atoms with Crippen molar-refractivity contribution >= 4 is 5.78 Å². The molecule has 70 valence electrons. The molecule has 13 heavy (non-hydrogen) atoms. The Hall–Kier alpha value is -1.49. The summed E-state index contributed by atoms with van der Waals surface area (Å²) in [6.45, 7) is 5.73. The maximum atomic E-state index is 11.2. The summed E-state index contributed by atoms with van der Waals surface area (Å²) in [6.07, 6.45) is 1.65. The van der Waals surface area contributed by atoms with E-state index in [0.717, 1.165) is 0 Å². The van der Waals surface area contributed by atoms with E-state index < -0.39 is 0 Å². The molecule has 0 fully saturated rings. The van der Waals surface area contributed by atoms with Gasteiger partial charge in [0, 0.05) is 6.54 Å². The minimum atomic E-state index is -0.0477. The molecule has 2 N–H and O–H groups in total. The summed E-state index contributed by atoms with van der Waals surface area (Å²) in [5.74, 6) is -0.0477. The van der Waals surface area contributed by atoms with Crippen LogP contribution in [-0.2, 0) is 17.9 Å². The number of Topliss-reactive ketones (excluding diaryl/α,β-unsaturated/α-hetero) is 1. The molecule has 0 amide bonds. The lowest BCUT2D eigenvalue weighted by atomic mass is 10.2. The summed E-state index contributed by atoms with van der Waals surface area (Å²) >= 11 is 0. The monoisotopic (exact) mass is 180 g/mol. The van der Waals surface area contributed by atoms with Gasteiger partial charge in [-0.25, -0.2) is 4.68 Å². The van der Waals surface area contributed by atoms with Crippen molar-refractivity contribution in [3.63, 3.8) is 0 Å². The summed E-state index contributed by atoms with van der Waals surface area (Å²) in [6, 6.07) is 0. The fourth-order valence-corrected chi connectivity index (χ4v) is 0.791. The molecule has 0 unspecified atom stereocenters. The van der Waals surface area contributed by atoms with E-state index >= 15 is 0 Å². The van der Waals surface area contributed by atoms with Crippen LogP contribution < -0.4 is 5.73 Å². The smallest absolute Gasteiger partial charge is 0.179 e. The van der Waals surface area contributed by atoms with Crippen molar-refractivity contribution in [3.8, 4) is 0 Å². The first-order valence-corrected chi connectivity index (χ1v) is 3.91. The number of hydrogen-bond donors (Lipinski definition) is 1. The van der Waals surface area contributed by atoms with Crippen LogP contribution in [0.2, 0.25) is 0 Å².